The van der Waals surface area contributed by atoms with Crippen LogP contribution in [0.2, 0.25) is 0 Å². The number of amides is 1. The van der Waals surface area contributed by atoms with Gasteiger partial charge < -0.3 is 10.2 Å². The van der Waals surface area contributed by atoms with Crippen LogP contribution in [0.25, 0.3) is 11.4 Å². The highest BCUT2D eigenvalue weighted by Gasteiger charge is 2.22. The van der Waals surface area contributed by atoms with Crippen molar-refractivity contribution in [2.24, 2.45) is 0 Å². The molecule has 0 radical (unpaired) electrons. The van der Waals surface area contributed by atoms with Crippen molar-refractivity contribution < 1.29 is 13.2 Å². The zero-order valence-corrected chi connectivity index (χ0v) is 16.9. The second-order valence-electron chi connectivity index (χ2n) is 6.87. The van der Waals surface area contributed by atoms with Crippen LogP contribution in [0.5, 0.6) is 0 Å². The lowest BCUT2D eigenvalue weighted by Gasteiger charge is -2.27. The molecule has 3 aromatic heterocycles. The number of nitrogens with one attached hydrogen (secondary N) is 1. The lowest BCUT2D eigenvalue weighted by molar-refractivity contribution is 0.0950. The zero-order valence-electron chi connectivity index (χ0n) is 16.1. The van der Waals surface area contributed by atoms with Gasteiger partial charge in [-0.25, -0.2) is 13.4 Å². The van der Waals surface area contributed by atoms with Gasteiger partial charge >= 0.3 is 0 Å². The highest BCUT2D eigenvalue weighted by molar-refractivity contribution is 7.91. The van der Waals surface area contributed by atoms with E-state index < -0.39 is 9.84 Å². The molecule has 0 saturated carbocycles. The minimum atomic E-state index is -2.92. The maximum atomic E-state index is 12.4. The Morgan fingerprint density at radius 3 is 2.40 bits per heavy atom. The second-order valence-corrected chi connectivity index (χ2v) is 9.17. The van der Waals surface area contributed by atoms with E-state index in [1.54, 1.807) is 36.9 Å². The predicted molar refractivity (Wildman–Crippen MR) is 112 cm³/mol. The Balaban J connectivity index is 1.33. The van der Waals surface area contributed by atoms with Gasteiger partial charge in [0, 0.05) is 44.4 Å². The summed E-state index contributed by atoms with van der Waals surface area (Å²) < 4.78 is 23.1. The van der Waals surface area contributed by atoms with Crippen molar-refractivity contribution in [2.75, 3.05) is 29.5 Å². The SMILES string of the molecule is O=C(NCc1ccc(N2CCS(=O)(=O)CC2)nc1)c1ccc(-c2cnccn2)nc1. The first-order valence-corrected chi connectivity index (χ1v) is 11.2. The van der Waals surface area contributed by atoms with Gasteiger partial charge in [-0.1, -0.05) is 6.07 Å². The van der Waals surface area contributed by atoms with Crippen molar-refractivity contribution in [3.8, 4) is 11.4 Å². The fourth-order valence-corrected chi connectivity index (χ4v) is 4.25. The van der Waals surface area contributed by atoms with Crippen molar-refractivity contribution in [2.45, 2.75) is 6.54 Å². The van der Waals surface area contributed by atoms with Gasteiger partial charge in [0.2, 0.25) is 0 Å². The molecule has 1 saturated heterocycles. The average molecular weight is 424 g/mol. The largest absolute Gasteiger partial charge is 0.355 e. The molecule has 0 bridgehead atoms. The summed E-state index contributed by atoms with van der Waals surface area (Å²) in [5, 5.41) is 2.84. The number of nitrogens with zero attached hydrogens (tertiary/aromatic N) is 5. The summed E-state index contributed by atoms with van der Waals surface area (Å²) in [4.78, 5) is 31.2. The quantitative estimate of drug-likeness (QED) is 0.647. The Kier molecular flexibility index (Phi) is 5.66. The van der Waals surface area contributed by atoms with Crippen LogP contribution >= 0.6 is 0 Å². The van der Waals surface area contributed by atoms with Gasteiger partial charge in [-0.2, -0.15) is 0 Å². The fraction of sp³-hybridized carbons (Fsp3) is 0.250. The van der Waals surface area contributed by atoms with Crippen molar-refractivity contribution in [3.63, 3.8) is 0 Å². The van der Waals surface area contributed by atoms with Crippen LogP contribution in [-0.2, 0) is 16.4 Å². The molecule has 0 unspecified atom stereocenters. The van der Waals surface area contributed by atoms with Crippen molar-refractivity contribution in [1.82, 2.24) is 25.3 Å². The van der Waals surface area contributed by atoms with Crippen LogP contribution < -0.4 is 10.2 Å². The third-order valence-corrected chi connectivity index (χ3v) is 6.39. The van der Waals surface area contributed by atoms with Crippen LogP contribution in [0, 0.1) is 0 Å². The van der Waals surface area contributed by atoms with Crippen molar-refractivity contribution >= 4 is 21.6 Å². The molecule has 0 spiro atoms. The standard InChI is InChI=1S/C20H20N6O3S/c27-20(16-2-3-17(23-13-16)18-14-21-5-6-22-18)25-12-15-1-4-19(24-11-15)26-7-9-30(28,29)10-8-26/h1-6,11,13-14H,7-10,12H2,(H,25,27). The zero-order chi connectivity index (χ0) is 21.0. The first kappa shape index (κ1) is 19.9. The molecule has 9 nitrogen and oxygen atoms in total. The van der Waals surface area contributed by atoms with E-state index in [2.05, 4.69) is 25.3 Å². The summed E-state index contributed by atoms with van der Waals surface area (Å²) in [6.45, 7) is 1.22. The van der Waals surface area contributed by atoms with E-state index in [0.717, 1.165) is 11.4 Å². The topological polar surface area (TPSA) is 118 Å². The molecule has 1 aliphatic heterocycles. The molecular weight excluding hydrogens is 404 g/mol. The summed E-state index contributed by atoms with van der Waals surface area (Å²) in [5.74, 6) is 0.800. The molecule has 1 aliphatic rings. The summed E-state index contributed by atoms with van der Waals surface area (Å²) in [6, 6.07) is 7.14. The van der Waals surface area contributed by atoms with E-state index in [1.807, 2.05) is 17.0 Å². The number of aromatic nitrogens is 4. The van der Waals surface area contributed by atoms with Gasteiger partial charge in [0.1, 0.15) is 11.5 Å². The molecule has 4 heterocycles. The normalized spacial score (nSPS) is 15.5. The summed E-state index contributed by atoms with van der Waals surface area (Å²) >= 11 is 0. The Morgan fingerprint density at radius 1 is 0.933 bits per heavy atom. The molecule has 1 N–H and O–H groups in total. The average Bonchev–Trinajstić information content (AvgIpc) is 2.79. The molecule has 1 amide bonds. The molecule has 3 aromatic rings. The number of carbonyl (C=O) groups is 1. The number of carbonyl (C=O) groups excluding carboxylic acids is 1. The fourth-order valence-electron chi connectivity index (χ4n) is 3.05. The van der Waals surface area contributed by atoms with Crippen LogP contribution in [0.15, 0.2) is 55.2 Å². The van der Waals surface area contributed by atoms with Crippen LogP contribution in [0.3, 0.4) is 0 Å². The van der Waals surface area contributed by atoms with Gasteiger partial charge in [-0.3, -0.25) is 19.7 Å². The van der Waals surface area contributed by atoms with Gasteiger partial charge in [0.15, 0.2) is 9.84 Å². The first-order chi connectivity index (χ1) is 14.5. The van der Waals surface area contributed by atoms with Gasteiger partial charge in [-0.15, -0.1) is 0 Å². The minimum absolute atomic E-state index is 0.149. The van der Waals surface area contributed by atoms with E-state index >= 15 is 0 Å². The number of hydrogen-bond donors (Lipinski definition) is 1. The van der Waals surface area contributed by atoms with E-state index in [9.17, 15) is 13.2 Å². The molecule has 0 aliphatic carbocycles. The molecule has 30 heavy (non-hydrogen) atoms. The lowest BCUT2D eigenvalue weighted by atomic mass is 10.2. The first-order valence-electron chi connectivity index (χ1n) is 9.41. The van der Waals surface area contributed by atoms with Crippen LogP contribution in [-0.4, -0.2) is 58.9 Å². The summed E-state index contributed by atoms with van der Waals surface area (Å²) in [6.07, 6.45) is 7.98. The maximum absolute atomic E-state index is 12.4. The molecule has 0 atom stereocenters. The predicted octanol–water partition coefficient (Wildman–Crippen LogP) is 1.10. The van der Waals surface area contributed by atoms with E-state index in [1.165, 1.54) is 6.20 Å². The van der Waals surface area contributed by atoms with Crippen LogP contribution in [0.1, 0.15) is 15.9 Å². The number of anilines is 1. The third-order valence-electron chi connectivity index (χ3n) is 4.78. The maximum Gasteiger partial charge on any atom is 0.253 e. The molecular formula is C20H20N6O3S. The summed E-state index contributed by atoms with van der Waals surface area (Å²) in [7, 11) is -2.92. The molecule has 10 heteroatoms. The number of rotatable bonds is 5. The number of pyridine rings is 2. The van der Waals surface area contributed by atoms with Crippen molar-refractivity contribution in [3.05, 3.63) is 66.4 Å². The second kappa shape index (κ2) is 8.54. The van der Waals surface area contributed by atoms with E-state index in [0.29, 0.717) is 36.6 Å². The molecule has 154 valence electrons. The number of sulfone groups is 1. The number of hydrogen-bond acceptors (Lipinski definition) is 8. The highest BCUT2D eigenvalue weighted by Crippen LogP contribution is 2.15. The minimum Gasteiger partial charge on any atom is -0.355 e. The van der Waals surface area contributed by atoms with Crippen molar-refractivity contribution in [1.29, 1.82) is 0 Å². The Bertz CT molecular complexity index is 1110. The molecule has 1 fully saturated rings. The van der Waals surface area contributed by atoms with Gasteiger partial charge in [-0.05, 0) is 23.8 Å². The van der Waals surface area contributed by atoms with Crippen LogP contribution in [0.4, 0.5) is 5.82 Å². The van der Waals surface area contributed by atoms with E-state index in [-0.39, 0.29) is 17.4 Å². The molecule has 4 rings (SSSR count). The van der Waals surface area contributed by atoms with E-state index in [4.69, 9.17) is 0 Å². The molecule has 0 aromatic carbocycles. The van der Waals surface area contributed by atoms with Gasteiger partial charge in [0.05, 0.1) is 29.0 Å². The third kappa shape index (κ3) is 4.77. The monoisotopic (exact) mass is 424 g/mol. The Morgan fingerprint density at radius 2 is 1.77 bits per heavy atom. The van der Waals surface area contributed by atoms with Gasteiger partial charge in [0.25, 0.3) is 5.91 Å². The Hall–Kier alpha value is -3.40. The Labute approximate surface area is 174 Å². The smallest absolute Gasteiger partial charge is 0.253 e. The highest BCUT2D eigenvalue weighted by atomic mass is 32.2. The lowest BCUT2D eigenvalue weighted by Crippen LogP contribution is -2.40. The summed E-state index contributed by atoms with van der Waals surface area (Å²) in [5.41, 5.74) is 2.58.